The molecule has 2 aromatic heterocycles. The van der Waals surface area contributed by atoms with Crippen LogP contribution < -0.4 is 0 Å². The molecule has 0 aliphatic heterocycles. The zero-order valence-corrected chi connectivity index (χ0v) is 15.3. The van der Waals surface area contributed by atoms with E-state index in [1.54, 1.807) is 31.2 Å². The van der Waals surface area contributed by atoms with Gasteiger partial charge in [-0.2, -0.15) is 23.4 Å². The van der Waals surface area contributed by atoms with Crippen LogP contribution in [0, 0.1) is 0 Å². The summed E-state index contributed by atoms with van der Waals surface area (Å²) in [7, 11) is 3.36. The number of carbonyl (C=O) groups excluding carboxylic acids is 1. The van der Waals surface area contributed by atoms with Crippen LogP contribution in [-0.4, -0.2) is 37.4 Å². The Morgan fingerprint density at radius 1 is 1.46 bits per heavy atom. The van der Waals surface area contributed by atoms with Crippen LogP contribution in [0.25, 0.3) is 0 Å². The first-order chi connectivity index (χ1) is 12.1. The van der Waals surface area contributed by atoms with E-state index in [0.717, 1.165) is 23.1 Å². The second-order valence-corrected chi connectivity index (χ2v) is 7.03. The Kier molecular flexibility index (Phi) is 4.76. The van der Waals surface area contributed by atoms with E-state index in [4.69, 9.17) is 11.6 Å². The van der Waals surface area contributed by atoms with E-state index in [-0.39, 0.29) is 11.8 Å². The summed E-state index contributed by atoms with van der Waals surface area (Å²) in [5.74, 6) is -0.423. The second kappa shape index (κ2) is 6.61. The molecular weight excluding hydrogens is 371 g/mol. The lowest BCUT2D eigenvalue weighted by Gasteiger charge is -2.22. The minimum Gasteiger partial charge on any atom is -0.339 e. The topological polar surface area (TPSA) is 56.0 Å². The molecule has 1 amide bonds. The van der Waals surface area contributed by atoms with Crippen molar-refractivity contribution >= 4 is 17.5 Å². The Hall–Kier alpha value is -2.03. The predicted molar refractivity (Wildman–Crippen MR) is 88.6 cm³/mol. The Morgan fingerprint density at radius 2 is 2.12 bits per heavy atom. The first kappa shape index (κ1) is 18.8. The molecule has 1 aliphatic rings. The Bertz CT molecular complexity index is 824. The van der Waals surface area contributed by atoms with Crippen LogP contribution in [-0.2, 0) is 24.6 Å². The fourth-order valence-corrected chi connectivity index (χ4v) is 3.34. The van der Waals surface area contributed by atoms with E-state index < -0.39 is 22.9 Å². The van der Waals surface area contributed by atoms with Gasteiger partial charge in [0.05, 0.1) is 16.9 Å². The van der Waals surface area contributed by atoms with Crippen LogP contribution in [0.5, 0.6) is 0 Å². The van der Waals surface area contributed by atoms with Gasteiger partial charge in [0.25, 0.3) is 0 Å². The van der Waals surface area contributed by atoms with Gasteiger partial charge in [-0.25, -0.2) is 0 Å². The van der Waals surface area contributed by atoms with Gasteiger partial charge in [0.2, 0.25) is 5.91 Å². The van der Waals surface area contributed by atoms with Gasteiger partial charge in [-0.05, 0) is 19.8 Å². The number of rotatable bonds is 5. The first-order valence-corrected chi connectivity index (χ1v) is 8.55. The molecule has 3 rings (SSSR count). The fraction of sp³-hybridized carbons (Fsp3) is 0.562. The number of hydrogen-bond acceptors (Lipinski definition) is 3. The zero-order valence-electron chi connectivity index (χ0n) is 14.6. The molecule has 142 valence electrons. The van der Waals surface area contributed by atoms with E-state index in [9.17, 15) is 18.0 Å². The van der Waals surface area contributed by atoms with Crippen LogP contribution in [0.2, 0.25) is 5.02 Å². The number of amides is 1. The average molecular weight is 390 g/mol. The van der Waals surface area contributed by atoms with E-state index in [1.807, 2.05) is 0 Å². The van der Waals surface area contributed by atoms with E-state index in [2.05, 4.69) is 10.2 Å². The van der Waals surface area contributed by atoms with E-state index >= 15 is 0 Å². The van der Waals surface area contributed by atoms with Gasteiger partial charge in [0.1, 0.15) is 6.04 Å². The smallest absolute Gasteiger partial charge is 0.339 e. The van der Waals surface area contributed by atoms with Crippen molar-refractivity contribution in [2.75, 3.05) is 7.05 Å². The summed E-state index contributed by atoms with van der Waals surface area (Å²) >= 11 is 5.97. The zero-order chi connectivity index (χ0) is 19.2. The minimum absolute atomic E-state index is 0.0787. The SMILES string of the molecule is C[C@@H](C(=O)N(C)Cc1cnn(C)c1)n1nc(C(F)(F)F)c(Cl)c1C1CC1. The standard InChI is InChI=1S/C16H19ClF3N5O/c1-9(15(26)23(2)7-10-6-21-24(3)8-10)25-13(11-4-5-11)12(17)14(22-25)16(18,19)20/h6,8-9,11H,4-5,7H2,1-3H3/t9-/m0/s1. The van der Waals surface area contributed by atoms with Gasteiger partial charge >= 0.3 is 6.18 Å². The van der Waals surface area contributed by atoms with E-state index in [1.165, 1.54) is 11.8 Å². The highest BCUT2D eigenvalue weighted by Gasteiger charge is 2.43. The predicted octanol–water partition coefficient (Wildman–Crippen LogP) is 3.39. The lowest BCUT2D eigenvalue weighted by Crippen LogP contribution is -2.33. The normalized spacial score (nSPS) is 16.0. The van der Waals surface area contributed by atoms with Gasteiger partial charge in [-0.3, -0.25) is 14.2 Å². The third kappa shape index (κ3) is 3.58. The summed E-state index contributed by atoms with van der Waals surface area (Å²) in [4.78, 5) is 14.2. The Balaban J connectivity index is 1.86. The maximum atomic E-state index is 13.2. The van der Waals surface area contributed by atoms with Crippen molar-refractivity contribution in [3.8, 4) is 0 Å². The van der Waals surface area contributed by atoms with Gasteiger partial charge < -0.3 is 4.90 Å². The van der Waals surface area contributed by atoms with Crippen molar-refractivity contribution in [1.82, 2.24) is 24.5 Å². The summed E-state index contributed by atoms with van der Waals surface area (Å²) in [5, 5.41) is 7.30. The maximum absolute atomic E-state index is 13.2. The van der Waals surface area contributed by atoms with Gasteiger partial charge in [-0.1, -0.05) is 11.6 Å². The number of nitrogens with zero attached hydrogens (tertiary/aromatic N) is 5. The lowest BCUT2D eigenvalue weighted by atomic mass is 10.2. The largest absolute Gasteiger partial charge is 0.436 e. The Labute approximate surface area is 153 Å². The molecule has 0 spiro atoms. The minimum atomic E-state index is -4.66. The number of halogens is 4. The number of aryl methyl sites for hydroxylation is 1. The molecule has 0 aromatic carbocycles. The highest BCUT2D eigenvalue weighted by atomic mass is 35.5. The molecular formula is C16H19ClF3N5O. The number of aromatic nitrogens is 4. The molecule has 0 bridgehead atoms. The van der Waals surface area contributed by atoms with Crippen LogP contribution in [0.15, 0.2) is 12.4 Å². The number of carbonyl (C=O) groups is 1. The molecule has 1 saturated carbocycles. The lowest BCUT2D eigenvalue weighted by molar-refractivity contribution is -0.142. The molecule has 6 nitrogen and oxygen atoms in total. The van der Waals surface area contributed by atoms with Crippen molar-refractivity contribution in [2.24, 2.45) is 7.05 Å². The maximum Gasteiger partial charge on any atom is 0.436 e. The summed E-state index contributed by atoms with van der Waals surface area (Å²) in [6, 6.07) is -0.888. The summed E-state index contributed by atoms with van der Waals surface area (Å²) in [5.41, 5.74) is -0.00214. The highest BCUT2D eigenvalue weighted by Crippen LogP contribution is 2.47. The fourth-order valence-electron chi connectivity index (χ4n) is 2.96. The highest BCUT2D eigenvalue weighted by molar-refractivity contribution is 6.32. The monoisotopic (exact) mass is 389 g/mol. The van der Waals surface area contributed by atoms with Crippen molar-refractivity contribution in [2.45, 2.75) is 44.4 Å². The summed E-state index contributed by atoms with van der Waals surface area (Å²) in [6.45, 7) is 1.84. The third-order valence-electron chi connectivity index (χ3n) is 4.40. The quantitative estimate of drug-likeness (QED) is 0.787. The molecule has 1 aliphatic carbocycles. The van der Waals surface area contributed by atoms with Crippen molar-refractivity contribution in [3.05, 3.63) is 34.4 Å². The molecule has 1 atom stereocenters. The van der Waals surface area contributed by atoms with Gasteiger partial charge in [0.15, 0.2) is 5.69 Å². The van der Waals surface area contributed by atoms with Crippen molar-refractivity contribution in [1.29, 1.82) is 0 Å². The first-order valence-electron chi connectivity index (χ1n) is 8.17. The molecule has 10 heteroatoms. The van der Waals surface area contributed by atoms with Crippen LogP contribution in [0.4, 0.5) is 13.2 Å². The molecule has 1 fully saturated rings. The molecule has 2 aromatic rings. The number of likely N-dealkylation sites (N-methyl/N-ethyl adjacent to an activating group) is 1. The van der Waals surface area contributed by atoms with Gasteiger partial charge in [0, 0.05) is 38.3 Å². The van der Waals surface area contributed by atoms with Gasteiger partial charge in [-0.15, -0.1) is 0 Å². The van der Waals surface area contributed by atoms with E-state index in [0.29, 0.717) is 12.2 Å². The Morgan fingerprint density at radius 3 is 2.62 bits per heavy atom. The summed E-state index contributed by atoms with van der Waals surface area (Å²) < 4.78 is 42.3. The molecule has 0 saturated heterocycles. The number of hydrogen-bond donors (Lipinski definition) is 0. The van der Waals surface area contributed by atoms with Crippen molar-refractivity contribution in [3.63, 3.8) is 0 Å². The molecule has 2 heterocycles. The third-order valence-corrected chi connectivity index (χ3v) is 4.77. The van der Waals surface area contributed by atoms with Crippen molar-refractivity contribution < 1.29 is 18.0 Å². The summed E-state index contributed by atoms with van der Waals surface area (Å²) in [6.07, 6.45) is 0.244. The second-order valence-electron chi connectivity index (χ2n) is 6.66. The molecule has 0 unspecified atom stereocenters. The molecule has 26 heavy (non-hydrogen) atoms. The van der Waals surface area contributed by atoms with Crippen LogP contribution >= 0.6 is 11.6 Å². The average Bonchev–Trinajstić information content (AvgIpc) is 3.20. The molecule has 0 radical (unpaired) electrons. The number of alkyl halides is 3. The van der Waals surface area contributed by atoms with Crippen LogP contribution in [0.3, 0.4) is 0 Å². The molecule has 0 N–H and O–H groups in total. The van der Waals surface area contributed by atoms with Crippen LogP contribution in [0.1, 0.15) is 48.7 Å².